The maximum absolute atomic E-state index is 13.6. The topological polar surface area (TPSA) is 29.1 Å². The molecule has 2 rings (SSSR count). The van der Waals surface area contributed by atoms with Crippen molar-refractivity contribution in [2.24, 2.45) is 5.41 Å². The molecule has 16 heavy (non-hydrogen) atoms. The molecule has 1 aromatic carbocycles. The Kier molecular flexibility index (Phi) is 3.06. The van der Waals surface area contributed by atoms with Crippen LogP contribution in [-0.2, 0) is 0 Å². The van der Waals surface area contributed by atoms with Crippen molar-refractivity contribution in [3.05, 3.63) is 35.6 Å². The predicted octanol–water partition coefficient (Wildman–Crippen LogP) is 2.40. The van der Waals surface area contributed by atoms with Crippen LogP contribution in [0.15, 0.2) is 24.3 Å². The van der Waals surface area contributed by atoms with Gasteiger partial charge in [0, 0.05) is 12.0 Å². The fraction of sp³-hybridized carbons (Fsp3) is 0.462. The van der Waals surface area contributed by atoms with E-state index in [2.05, 4.69) is 5.32 Å². The molecule has 3 heteroatoms. The highest BCUT2D eigenvalue weighted by molar-refractivity contribution is 6.01. The molecule has 1 atom stereocenters. The van der Waals surface area contributed by atoms with Gasteiger partial charge in [0.1, 0.15) is 5.82 Å². The lowest BCUT2D eigenvalue weighted by Crippen LogP contribution is -2.33. The van der Waals surface area contributed by atoms with Crippen LogP contribution in [0.1, 0.15) is 30.1 Å². The molecule has 1 aromatic rings. The van der Waals surface area contributed by atoms with Gasteiger partial charge in [0.15, 0.2) is 5.78 Å². The van der Waals surface area contributed by atoms with Crippen molar-refractivity contribution in [1.29, 1.82) is 0 Å². The normalized spacial score (nSPS) is 24.6. The van der Waals surface area contributed by atoms with Gasteiger partial charge in [-0.05, 0) is 31.5 Å². The van der Waals surface area contributed by atoms with Gasteiger partial charge in [-0.1, -0.05) is 19.1 Å². The SMILES string of the molecule is CCC1(C(=O)c2ccccc2F)CCNC1. The van der Waals surface area contributed by atoms with Crippen molar-refractivity contribution in [3.63, 3.8) is 0 Å². The Balaban J connectivity index is 2.34. The van der Waals surface area contributed by atoms with Crippen molar-refractivity contribution in [3.8, 4) is 0 Å². The Bertz CT molecular complexity index is 397. The van der Waals surface area contributed by atoms with Crippen molar-refractivity contribution in [2.75, 3.05) is 13.1 Å². The van der Waals surface area contributed by atoms with Crippen molar-refractivity contribution in [1.82, 2.24) is 5.32 Å². The quantitative estimate of drug-likeness (QED) is 0.794. The number of hydrogen-bond acceptors (Lipinski definition) is 2. The molecular weight excluding hydrogens is 205 g/mol. The van der Waals surface area contributed by atoms with Gasteiger partial charge in [0.25, 0.3) is 0 Å². The molecule has 86 valence electrons. The number of carbonyl (C=O) groups excluding carboxylic acids is 1. The monoisotopic (exact) mass is 221 g/mol. The van der Waals surface area contributed by atoms with Crippen LogP contribution < -0.4 is 5.32 Å². The summed E-state index contributed by atoms with van der Waals surface area (Å²) in [5.74, 6) is -0.467. The number of carbonyl (C=O) groups is 1. The molecule has 1 saturated heterocycles. The molecule has 1 aliphatic heterocycles. The fourth-order valence-electron chi connectivity index (χ4n) is 2.33. The van der Waals surface area contributed by atoms with Crippen LogP contribution in [0.2, 0.25) is 0 Å². The molecule has 2 nitrogen and oxygen atoms in total. The summed E-state index contributed by atoms with van der Waals surface area (Å²) in [5.41, 5.74) is -0.171. The largest absolute Gasteiger partial charge is 0.316 e. The van der Waals surface area contributed by atoms with Gasteiger partial charge in [-0.3, -0.25) is 4.79 Å². The van der Waals surface area contributed by atoms with Crippen molar-refractivity contribution >= 4 is 5.78 Å². The average Bonchev–Trinajstić information content (AvgIpc) is 2.78. The zero-order chi connectivity index (χ0) is 11.6. The van der Waals surface area contributed by atoms with Gasteiger partial charge in [0.05, 0.1) is 5.56 Å². The van der Waals surface area contributed by atoms with Crippen molar-refractivity contribution in [2.45, 2.75) is 19.8 Å². The van der Waals surface area contributed by atoms with Crippen LogP contribution in [0, 0.1) is 11.2 Å². The third-order valence-electron chi connectivity index (χ3n) is 3.52. The van der Waals surface area contributed by atoms with Gasteiger partial charge in [-0.25, -0.2) is 4.39 Å². The highest BCUT2D eigenvalue weighted by atomic mass is 19.1. The maximum Gasteiger partial charge on any atom is 0.173 e. The van der Waals surface area contributed by atoms with Crippen LogP contribution in [-0.4, -0.2) is 18.9 Å². The van der Waals surface area contributed by atoms with E-state index >= 15 is 0 Å². The van der Waals surface area contributed by atoms with E-state index < -0.39 is 11.2 Å². The Morgan fingerprint density at radius 3 is 2.81 bits per heavy atom. The Morgan fingerprint density at radius 1 is 1.50 bits per heavy atom. The molecule has 0 bridgehead atoms. The van der Waals surface area contributed by atoms with Gasteiger partial charge >= 0.3 is 0 Å². The van der Waals surface area contributed by atoms with Crippen LogP contribution in [0.5, 0.6) is 0 Å². The van der Waals surface area contributed by atoms with Gasteiger partial charge < -0.3 is 5.32 Å². The number of Topliss-reactive ketones (excluding diaryl/α,β-unsaturated/α-hetero) is 1. The summed E-state index contributed by atoms with van der Waals surface area (Å²) in [4.78, 5) is 12.3. The molecule has 1 unspecified atom stereocenters. The first-order valence-corrected chi connectivity index (χ1v) is 5.70. The second-order valence-electron chi connectivity index (χ2n) is 4.37. The molecule has 0 amide bonds. The average molecular weight is 221 g/mol. The maximum atomic E-state index is 13.6. The molecule has 1 heterocycles. The predicted molar refractivity (Wildman–Crippen MR) is 60.9 cm³/mol. The number of nitrogens with one attached hydrogen (secondary N) is 1. The number of benzene rings is 1. The third kappa shape index (κ3) is 1.76. The first-order chi connectivity index (χ1) is 7.69. The summed E-state index contributed by atoms with van der Waals surface area (Å²) in [5, 5.41) is 3.19. The first-order valence-electron chi connectivity index (χ1n) is 5.70. The summed E-state index contributed by atoms with van der Waals surface area (Å²) in [6, 6.07) is 6.24. The van der Waals surface area contributed by atoms with E-state index in [1.807, 2.05) is 6.92 Å². The summed E-state index contributed by atoms with van der Waals surface area (Å²) < 4.78 is 13.6. The molecule has 1 fully saturated rings. The highest BCUT2D eigenvalue weighted by Gasteiger charge is 2.40. The molecular formula is C13H16FNO. The third-order valence-corrected chi connectivity index (χ3v) is 3.52. The Labute approximate surface area is 94.9 Å². The van der Waals surface area contributed by atoms with E-state index in [4.69, 9.17) is 0 Å². The van der Waals surface area contributed by atoms with Crippen LogP contribution in [0.3, 0.4) is 0 Å². The smallest absolute Gasteiger partial charge is 0.173 e. The number of ketones is 1. The summed E-state index contributed by atoms with van der Waals surface area (Å²) in [6.07, 6.45) is 1.56. The second-order valence-corrected chi connectivity index (χ2v) is 4.37. The minimum absolute atomic E-state index is 0.0573. The molecule has 0 saturated carbocycles. The number of halogens is 1. The van der Waals surface area contributed by atoms with Gasteiger partial charge in [-0.15, -0.1) is 0 Å². The minimum atomic E-state index is -0.410. The molecule has 1 aliphatic rings. The fourth-order valence-corrected chi connectivity index (χ4v) is 2.33. The second kappa shape index (κ2) is 4.34. The first kappa shape index (κ1) is 11.3. The Hall–Kier alpha value is -1.22. The zero-order valence-corrected chi connectivity index (χ0v) is 9.42. The Morgan fingerprint density at radius 2 is 2.25 bits per heavy atom. The lowest BCUT2D eigenvalue weighted by molar-refractivity contribution is 0.0806. The number of rotatable bonds is 3. The van der Waals surface area contributed by atoms with Crippen LogP contribution in [0.25, 0.3) is 0 Å². The van der Waals surface area contributed by atoms with Crippen molar-refractivity contribution < 1.29 is 9.18 Å². The van der Waals surface area contributed by atoms with Crippen LogP contribution in [0.4, 0.5) is 4.39 Å². The zero-order valence-electron chi connectivity index (χ0n) is 9.42. The molecule has 0 aromatic heterocycles. The molecule has 1 N–H and O–H groups in total. The number of hydrogen-bond donors (Lipinski definition) is 1. The summed E-state index contributed by atoms with van der Waals surface area (Å²) in [7, 11) is 0. The summed E-state index contributed by atoms with van der Waals surface area (Å²) >= 11 is 0. The highest BCUT2D eigenvalue weighted by Crippen LogP contribution is 2.33. The van der Waals surface area contributed by atoms with Crippen LogP contribution >= 0.6 is 0 Å². The standard InChI is InChI=1S/C13H16FNO/c1-2-13(7-8-15-9-13)12(16)10-5-3-4-6-11(10)14/h3-6,15H,2,7-9H2,1H3. The van der Waals surface area contributed by atoms with Gasteiger partial charge in [-0.2, -0.15) is 0 Å². The van der Waals surface area contributed by atoms with Gasteiger partial charge in [0.2, 0.25) is 0 Å². The molecule has 0 radical (unpaired) electrons. The molecule has 0 spiro atoms. The van der Waals surface area contributed by atoms with E-state index in [1.54, 1.807) is 18.2 Å². The lowest BCUT2D eigenvalue weighted by Gasteiger charge is -2.24. The lowest BCUT2D eigenvalue weighted by atomic mass is 9.77. The van der Waals surface area contributed by atoms with E-state index in [0.717, 1.165) is 19.4 Å². The summed E-state index contributed by atoms with van der Waals surface area (Å²) in [6.45, 7) is 3.50. The van der Waals surface area contributed by atoms with E-state index in [0.29, 0.717) is 6.54 Å². The molecule has 0 aliphatic carbocycles. The van der Waals surface area contributed by atoms with E-state index in [9.17, 15) is 9.18 Å². The van der Waals surface area contributed by atoms with E-state index in [1.165, 1.54) is 6.07 Å². The minimum Gasteiger partial charge on any atom is -0.316 e. The van der Waals surface area contributed by atoms with E-state index in [-0.39, 0.29) is 11.3 Å².